The molecule has 0 unspecified atom stereocenters. The minimum atomic E-state index is -4.27. The molecule has 1 heterocycles. The molecule has 0 saturated carbocycles. The molecular weight excluding hydrogens is 354 g/mol. The van der Waals surface area contributed by atoms with Crippen LogP contribution in [0.3, 0.4) is 0 Å². The maximum absolute atomic E-state index is 10.4. The summed E-state index contributed by atoms with van der Waals surface area (Å²) in [6.45, 7) is 3.47. The highest BCUT2D eigenvalue weighted by Gasteiger charge is 1.97. The number of aryl methyl sites for hydroxylation is 1. The largest absolute Gasteiger partial charge is 0.748 e. The Kier molecular flexibility index (Phi) is 10.0. The second-order valence-electron chi connectivity index (χ2n) is 4.61. The van der Waals surface area contributed by atoms with E-state index >= 15 is 0 Å². The van der Waals surface area contributed by atoms with E-state index in [1.165, 1.54) is 12.1 Å². The van der Waals surface area contributed by atoms with Crippen LogP contribution in [0.2, 0.25) is 0 Å². The number of rotatable bonds is 3. The number of aromatic nitrogens is 1. The van der Waals surface area contributed by atoms with Crippen LogP contribution < -0.4 is 4.98 Å². The summed E-state index contributed by atoms with van der Waals surface area (Å²) in [6, 6.07) is 11.6. The van der Waals surface area contributed by atoms with Gasteiger partial charge in [0.1, 0.15) is 10.1 Å². The topological polar surface area (TPSA) is 129 Å². The van der Waals surface area contributed by atoms with E-state index in [4.69, 9.17) is 0 Å². The lowest BCUT2D eigenvalue weighted by molar-refractivity contribution is -0.377. The summed E-state index contributed by atoms with van der Waals surface area (Å²) in [7, 11) is -8.19. The molecule has 0 aliphatic rings. The van der Waals surface area contributed by atoms with E-state index < -0.39 is 20.2 Å². The summed E-state index contributed by atoms with van der Waals surface area (Å²) in [6.07, 6.45) is 4.16. The minimum Gasteiger partial charge on any atom is -0.748 e. The summed E-state index contributed by atoms with van der Waals surface area (Å²) in [5.74, 6) is -0.243. The van der Waals surface area contributed by atoms with E-state index in [-0.39, 0.29) is 10.6 Å². The van der Waals surface area contributed by atoms with Gasteiger partial charge in [-0.3, -0.25) is 0 Å². The van der Waals surface area contributed by atoms with E-state index in [1.807, 2.05) is 37.5 Å². The number of aromatic amines is 1. The molecule has 2 aromatic rings. The van der Waals surface area contributed by atoms with Crippen molar-refractivity contribution >= 4 is 20.2 Å². The highest BCUT2D eigenvalue weighted by molar-refractivity contribution is 7.86. The zero-order chi connectivity index (χ0) is 18.6. The molecule has 0 atom stereocenters. The summed E-state index contributed by atoms with van der Waals surface area (Å²) in [4.78, 5) is 2.71. The first-order valence-electron chi connectivity index (χ1n) is 6.93. The first kappa shape index (κ1) is 22.2. The van der Waals surface area contributed by atoms with Crippen LogP contribution in [-0.4, -0.2) is 31.7 Å². The number of hydrogen-bond acceptors (Lipinski definition) is 6. The normalized spacial score (nSPS) is 10.7. The molecule has 0 amide bonds. The van der Waals surface area contributed by atoms with Crippen molar-refractivity contribution in [3.05, 3.63) is 60.4 Å². The Morgan fingerprint density at radius 2 is 1.42 bits per heavy atom. The molecule has 0 fully saturated rings. The molecule has 1 N–H and O–H groups in total. The number of hydrogen-bond donors (Lipinski definition) is 0. The molecule has 0 spiro atoms. The van der Waals surface area contributed by atoms with Crippen molar-refractivity contribution < 1.29 is 30.9 Å². The Morgan fingerprint density at radius 3 is 1.62 bits per heavy atom. The highest BCUT2D eigenvalue weighted by Crippen LogP contribution is 2.08. The molecule has 0 aliphatic carbocycles. The van der Waals surface area contributed by atoms with Crippen LogP contribution in [0.5, 0.6) is 0 Å². The quantitative estimate of drug-likeness (QED) is 0.746. The van der Waals surface area contributed by atoms with E-state index in [0.717, 1.165) is 5.56 Å². The van der Waals surface area contributed by atoms with Crippen molar-refractivity contribution in [3.63, 3.8) is 0 Å². The fourth-order valence-electron chi connectivity index (χ4n) is 1.30. The van der Waals surface area contributed by atoms with Crippen LogP contribution >= 0.6 is 0 Å². The van der Waals surface area contributed by atoms with Gasteiger partial charge in [-0.2, -0.15) is 0 Å². The second kappa shape index (κ2) is 10.9. The third kappa shape index (κ3) is 12.7. The second-order valence-corrected chi connectivity index (χ2v) is 7.51. The first-order valence-corrected chi connectivity index (χ1v) is 9.92. The van der Waals surface area contributed by atoms with Gasteiger partial charge in [-0.15, -0.1) is 0 Å². The average molecular weight is 374 g/mol. The average Bonchev–Trinajstić information content (AvgIpc) is 2.48. The molecule has 0 bridgehead atoms. The van der Waals surface area contributed by atoms with E-state index in [2.05, 4.69) is 4.98 Å². The van der Waals surface area contributed by atoms with Gasteiger partial charge in [-0.05, 0) is 25.5 Å². The zero-order valence-electron chi connectivity index (χ0n) is 13.4. The molecule has 1 aromatic carbocycles. The summed E-state index contributed by atoms with van der Waals surface area (Å²) in [5, 5.41) is 0. The van der Waals surface area contributed by atoms with Gasteiger partial charge in [0.25, 0.3) is 0 Å². The third-order valence-corrected chi connectivity index (χ3v) is 4.13. The summed E-state index contributed by atoms with van der Waals surface area (Å²) in [5.41, 5.74) is 0.928. The molecule has 0 aliphatic heterocycles. The zero-order valence-corrected chi connectivity index (χ0v) is 15.0. The maximum atomic E-state index is 10.4. The monoisotopic (exact) mass is 374 g/mol. The SMILES string of the molecule is CCCS(=O)(=O)[O-].Cc1ccc(S(=O)(=O)[O-])cc1.c1cc[nH+]cc1. The van der Waals surface area contributed by atoms with Gasteiger partial charge in [-0.1, -0.05) is 30.7 Å². The predicted octanol–water partition coefficient (Wildman–Crippen LogP) is 1.34. The van der Waals surface area contributed by atoms with Gasteiger partial charge in [0.2, 0.25) is 0 Å². The van der Waals surface area contributed by atoms with Crippen LogP contribution in [0.4, 0.5) is 0 Å². The molecule has 134 valence electrons. The number of H-pyrrole nitrogens is 1. The van der Waals surface area contributed by atoms with Crippen molar-refractivity contribution in [1.29, 1.82) is 0 Å². The van der Waals surface area contributed by atoms with Crippen molar-refractivity contribution in [2.45, 2.75) is 25.2 Å². The standard InChI is InChI=1S/C7H8O3S.C5H5N.C3H8O3S/c1-6-2-4-7(5-3-6)11(8,9)10;1-2-4-6-5-3-1;1-2-3-7(4,5)6/h2-5H,1H3,(H,8,9,10);1-5H;2-3H2,1H3,(H,4,5,6)/p-1. The highest BCUT2D eigenvalue weighted by atomic mass is 32.2. The molecule has 24 heavy (non-hydrogen) atoms. The van der Waals surface area contributed by atoms with E-state index in [0.29, 0.717) is 6.42 Å². The molecule has 2 rings (SSSR count). The fraction of sp³-hybridized carbons (Fsp3) is 0.267. The number of pyridine rings is 1. The van der Waals surface area contributed by atoms with Crippen molar-refractivity contribution in [3.8, 4) is 0 Å². The summed E-state index contributed by atoms with van der Waals surface area (Å²) < 4.78 is 60.2. The van der Waals surface area contributed by atoms with E-state index in [9.17, 15) is 25.9 Å². The smallest absolute Gasteiger partial charge is 0.166 e. The lowest BCUT2D eigenvalue weighted by Gasteiger charge is -2.05. The molecule has 7 nitrogen and oxygen atoms in total. The Labute approximate surface area is 142 Å². The lowest BCUT2D eigenvalue weighted by atomic mass is 10.2. The van der Waals surface area contributed by atoms with Crippen LogP contribution in [0, 0.1) is 6.92 Å². The van der Waals surface area contributed by atoms with Gasteiger partial charge in [0.15, 0.2) is 12.4 Å². The Morgan fingerprint density at radius 1 is 0.917 bits per heavy atom. The van der Waals surface area contributed by atoms with Gasteiger partial charge in [-0.25, -0.2) is 21.8 Å². The Balaban J connectivity index is 0.000000352. The van der Waals surface area contributed by atoms with Crippen LogP contribution in [-0.2, 0) is 20.2 Å². The fourth-order valence-corrected chi connectivity index (χ4v) is 2.27. The Hall–Kier alpha value is -1.81. The maximum Gasteiger partial charge on any atom is 0.166 e. The van der Waals surface area contributed by atoms with E-state index in [1.54, 1.807) is 19.1 Å². The Bertz CT molecular complexity index is 746. The third-order valence-electron chi connectivity index (χ3n) is 2.37. The van der Waals surface area contributed by atoms with Crippen LogP contribution in [0.25, 0.3) is 0 Å². The molecule has 1 aromatic heterocycles. The minimum absolute atomic E-state index is 0.178. The van der Waals surface area contributed by atoms with Crippen molar-refractivity contribution in [2.75, 3.05) is 5.75 Å². The van der Waals surface area contributed by atoms with Gasteiger partial charge in [0, 0.05) is 17.9 Å². The van der Waals surface area contributed by atoms with Crippen molar-refractivity contribution in [2.24, 2.45) is 0 Å². The molecule has 9 heteroatoms. The van der Waals surface area contributed by atoms with Gasteiger partial charge >= 0.3 is 0 Å². The molecular formula is C15H20NO6S2-. The van der Waals surface area contributed by atoms with Crippen LogP contribution in [0.1, 0.15) is 18.9 Å². The van der Waals surface area contributed by atoms with Gasteiger partial charge < -0.3 is 9.11 Å². The van der Waals surface area contributed by atoms with Gasteiger partial charge in [0.05, 0.1) is 15.0 Å². The molecule has 0 saturated heterocycles. The van der Waals surface area contributed by atoms with Crippen LogP contribution in [0.15, 0.2) is 59.8 Å². The predicted molar refractivity (Wildman–Crippen MR) is 87.0 cm³/mol. The lowest BCUT2D eigenvalue weighted by Crippen LogP contribution is -2.01. The summed E-state index contributed by atoms with van der Waals surface area (Å²) >= 11 is 0. The number of nitrogens with one attached hydrogen (secondary N) is 1. The number of benzene rings is 1. The molecule has 0 radical (unpaired) electrons. The first-order chi connectivity index (χ1) is 11.1. The van der Waals surface area contributed by atoms with Crippen molar-refractivity contribution in [1.82, 2.24) is 0 Å².